The van der Waals surface area contributed by atoms with Crippen molar-refractivity contribution in [1.82, 2.24) is 19.6 Å². The number of carbonyl (C=O) groups is 1. The molecular weight excluding hydrogens is 373 g/mol. The van der Waals surface area contributed by atoms with Crippen LogP contribution in [0.3, 0.4) is 0 Å². The van der Waals surface area contributed by atoms with Crippen molar-refractivity contribution in [2.75, 3.05) is 5.32 Å². The number of nitrogens with zero attached hydrogens (tertiary/aromatic N) is 4. The first-order chi connectivity index (χ1) is 14.1. The van der Waals surface area contributed by atoms with Gasteiger partial charge in [-0.1, -0.05) is 18.2 Å². The lowest BCUT2D eigenvalue weighted by Crippen LogP contribution is -2.16. The molecular formula is C21H18FN5O2. The molecule has 1 N–H and O–H groups in total. The normalized spacial score (nSPS) is 10.7. The van der Waals surface area contributed by atoms with Gasteiger partial charge in [0, 0.05) is 12.3 Å². The van der Waals surface area contributed by atoms with Gasteiger partial charge < -0.3 is 10.1 Å². The summed E-state index contributed by atoms with van der Waals surface area (Å²) < 4.78 is 21.9. The molecule has 7 nitrogen and oxygen atoms in total. The first-order valence-electron chi connectivity index (χ1n) is 8.94. The van der Waals surface area contributed by atoms with Gasteiger partial charge >= 0.3 is 0 Å². The average Bonchev–Trinajstić information content (AvgIpc) is 3.34. The summed E-state index contributed by atoms with van der Waals surface area (Å²) >= 11 is 0. The van der Waals surface area contributed by atoms with Crippen LogP contribution in [-0.4, -0.2) is 25.5 Å². The Morgan fingerprint density at radius 1 is 1.07 bits per heavy atom. The lowest BCUT2D eigenvalue weighted by Gasteiger charge is -2.08. The highest BCUT2D eigenvalue weighted by molar-refractivity contribution is 6.02. The van der Waals surface area contributed by atoms with E-state index in [1.165, 1.54) is 16.8 Å². The molecule has 0 unspecified atom stereocenters. The highest BCUT2D eigenvalue weighted by Crippen LogP contribution is 2.18. The molecule has 146 valence electrons. The van der Waals surface area contributed by atoms with Crippen LogP contribution in [0, 0.1) is 12.7 Å². The van der Waals surface area contributed by atoms with Crippen LogP contribution in [0.4, 0.5) is 10.2 Å². The van der Waals surface area contributed by atoms with Gasteiger partial charge in [0.2, 0.25) is 0 Å². The molecule has 4 rings (SSSR count). The predicted octanol–water partition coefficient (Wildman–Crippen LogP) is 3.81. The largest absolute Gasteiger partial charge is 0.471 e. The third-order valence-electron chi connectivity index (χ3n) is 4.12. The molecule has 0 saturated carbocycles. The van der Waals surface area contributed by atoms with Crippen molar-refractivity contribution in [2.24, 2.45) is 0 Å². The van der Waals surface area contributed by atoms with Gasteiger partial charge in [0.15, 0.2) is 12.4 Å². The summed E-state index contributed by atoms with van der Waals surface area (Å²) in [6.45, 7) is 2.00. The number of halogens is 1. The van der Waals surface area contributed by atoms with Crippen LogP contribution in [0.5, 0.6) is 5.75 Å². The van der Waals surface area contributed by atoms with Crippen molar-refractivity contribution < 1.29 is 13.9 Å². The van der Waals surface area contributed by atoms with Gasteiger partial charge in [-0.15, -0.1) is 0 Å². The van der Waals surface area contributed by atoms with Crippen molar-refractivity contribution in [2.45, 2.75) is 13.7 Å². The maximum absolute atomic E-state index is 13.2. The quantitative estimate of drug-likeness (QED) is 0.543. The maximum Gasteiger partial charge on any atom is 0.277 e. The Morgan fingerprint density at radius 3 is 2.59 bits per heavy atom. The van der Waals surface area contributed by atoms with Crippen molar-refractivity contribution in [1.29, 1.82) is 0 Å². The highest BCUT2D eigenvalue weighted by atomic mass is 19.1. The molecule has 0 aliphatic rings. The minimum absolute atomic E-state index is 0.184. The second-order valence-corrected chi connectivity index (χ2v) is 6.34. The van der Waals surface area contributed by atoms with Gasteiger partial charge in [0.25, 0.3) is 5.91 Å². The number of para-hydroxylation sites is 1. The standard InChI is InChI=1S/C21H18FN5O2/c1-15-13-20(27(24-15)17-9-7-16(22)8-10-17)23-21(28)19-11-12-26(25-19)14-29-18-5-3-2-4-6-18/h2-13H,14H2,1H3,(H,23,28). The number of amides is 1. The van der Waals surface area contributed by atoms with E-state index in [4.69, 9.17) is 4.74 Å². The van der Waals surface area contributed by atoms with Crippen LogP contribution < -0.4 is 10.1 Å². The topological polar surface area (TPSA) is 74.0 Å². The first-order valence-corrected chi connectivity index (χ1v) is 8.94. The zero-order chi connectivity index (χ0) is 20.2. The average molecular weight is 391 g/mol. The number of hydrogen-bond donors (Lipinski definition) is 1. The lowest BCUT2D eigenvalue weighted by atomic mass is 10.3. The van der Waals surface area contributed by atoms with Gasteiger partial charge in [-0.25, -0.2) is 13.8 Å². The number of benzene rings is 2. The van der Waals surface area contributed by atoms with E-state index in [0.29, 0.717) is 22.9 Å². The van der Waals surface area contributed by atoms with E-state index in [9.17, 15) is 9.18 Å². The summed E-state index contributed by atoms with van der Waals surface area (Å²) in [6, 6.07) is 18.5. The monoisotopic (exact) mass is 391 g/mol. The van der Waals surface area contributed by atoms with Crippen LogP contribution in [0.15, 0.2) is 72.9 Å². The molecule has 1 amide bonds. The second-order valence-electron chi connectivity index (χ2n) is 6.34. The van der Waals surface area contributed by atoms with Crippen LogP contribution in [-0.2, 0) is 6.73 Å². The van der Waals surface area contributed by atoms with E-state index < -0.39 is 0 Å². The van der Waals surface area contributed by atoms with Crippen molar-refractivity contribution >= 4 is 11.7 Å². The molecule has 2 aromatic carbocycles. The number of aromatic nitrogens is 4. The fraction of sp³-hybridized carbons (Fsp3) is 0.0952. The van der Waals surface area contributed by atoms with Gasteiger partial charge in [-0.2, -0.15) is 10.2 Å². The molecule has 0 aliphatic carbocycles. The van der Waals surface area contributed by atoms with E-state index in [1.807, 2.05) is 37.3 Å². The number of anilines is 1. The number of ether oxygens (including phenoxy) is 1. The molecule has 0 bridgehead atoms. The summed E-state index contributed by atoms with van der Waals surface area (Å²) in [5.41, 5.74) is 1.59. The molecule has 0 fully saturated rings. The van der Waals surface area contributed by atoms with Gasteiger partial charge in [0.1, 0.15) is 17.4 Å². The highest BCUT2D eigenvalue weighted by Gasteiger charge is 2.15. The summed E-state index contributed by atoms with van der Waals surface area (Å²) in [7, 11) is 0. The Labute approximate surface area is 166 Å². The van der Waals surface area contributed by atoms with Crippen LogP contribution in [0.25, 0.3) is 5.69 Å². The second kappa shape index (κ2) is 7.97. The third-order valence-corrected chi connectivity index (χ3v) is 4.12. The molecule has 0 aliphatic heterocycles. The number of hydrogen-bond acceptors (Lipinski definition) is 4. The van der Waals surface area contributed by atoms with E-state index in [2.05, 4.69) is 15.5 Å². The molecule has 4 aromatic rings. The maximum atomic E-state index is 13.2. The number of carbonyl (C=O) groups excluding carboxylic acids is 1. The van der Waals surface area contributed by atoms with Crippen molar-refractivity contribution in [3.63, 3.8) is 0 Å². The van der Waals surface area contributed by atoms with Crippen molar-refractivity contribution in [3.05, 3.63) is 90.1 Å². The fourth-order valence-electron chi connectivity index (χ4n) is 2.76. The van der Waals surface area contributed by atoms with E-state index in [0.717, 1.165) is 0 Å². The van der Waals surface area contributed by atoms with Crippen molar-refractivity contribution in [3.8, 4) is 11.4 Å². The smallest absolute Gasteiger partial charge is 0.277 e. The SMILES string of the molecule is Cc1cc(NC(=O)c2ccn(COc3ccccc3)n2)n(-c2ccc(F)cc2)n1. The number of nitrogens with one attached hydrogen (secondary N) is 1. The minimum Gasteiger partial charge on any atom is -0.471 e. The predicted molar refractivity (Wildman–Crippen MR) is 106 cm³/mol. The molecule has 2 heterocycles. The Kier molecular flexibility index (Phi) is 5.07. The summed E-state index contributed by atoms with van der Waals surface area (Å²) in [4.78, 5) is 12.6. The molecule has 0 saturated heterocycles. The minimum atomic E-state index is -0.383. The summed E-state index contributed by atoms with van der Waals surface area (Å²) in [5.74, 6) is 0.458. The zero-order valence-electron chi connectivity index (χ0n) is 15.6. The first kappa shape index (κ1) is 18.4. The molecule has 0 radical (unpaired) electrons. The van der Waals surface area contributed by atoms with Gasteiger partial charge in [-0.3, -0.25) is 4.79 Å². The molecule has 8 heteroatoms. The zero-order valence-corrected chi connectivity index (χ0v) is 15.6. The van der Waals surface area contributed by atoms with Gasteiger partial charge in [0.05, 0.1) is 11.4 Å². The van der Waals surface area contributed by atoms with Crippen LogP contribution in [0.2, 0.25) is 0 Å². The summed E-state index contributed by atoms with van der Waals surface area (Å²) in [6.07, 6.45) is 1.67. The molecule has 0 spiro atoms. The van der Waals surface area contributed by atoms with Crippen LogP contribution in [0.1, 0.15) is 16.2 Å². The number of aryl methyl sites for hydroxylation is 1. The molecule has 29 heavy (non-hydrogen) atoms. The molecule has 2 aromatic heterocycles. The Morgan fingerprint density at radius 2 is 1.83 bits per heavy atom. The Hall–Kier alpha value is -3.94. The van der Waals surface area contributed by atoms with E-state index in [-0.39, 0.29) is 24.1 Å². The Bertz CT molecular complexity index is 1120. The lowest BCUT2D eigenvalue weighted by molar-refractivity contribution is 0.101. The fourth-order valence-corrected chi connectivity index (χ4v) is 2.76. The van der Waals surface area contributed by atoms with Gasteiger partial charge in [-0.05, 0) is 49.4 Å². The number of rotatable bonds is 6. The van der Waals surface area contributed by atoms with E-state index in [1.54, 1.807) is 35.1 Å². The Balaban J connectivity index is 1.46. The summed E-state index contributed by atoms with van der Waals surface area (Å²) in [5, 5.41) is 11.4. The van der Waals surface area contributed by atoms with Crippen LogP contribution >= 0.6 is 0 Å². The third kappa shape index (κ3) is 4.32. The molecule has 0 atom stereocenters. The van der Waals surface area contributed by atoms with E-state index >= 15 is 0 Å².